The molecular formula is C19H16ClN3O3S. The van der Waals surface area contributed by atoms with Gasteiger partial charge in [-0.1, -0.05) is 11.6 Å². The molecule has 0 aliphatic carbocycles. The molecule has 2 amide bonds. The second kappa shape index (κ2) is 8.66. The number of halogens is 1. The van der Waals surface area contributed by atoms with Gasteiger partial charge in [-0.05, 0) is 48.5 Å². The van der Waals surface area contributed by atoms with Crippen LogP contribution >= 0.6 is 22.9 Å². The average molecular weight is 402 g/mol. The molecule has 1 heterocycles. The molecule has 0 unspecified atom stereocenters. The van der Waals surface area contributed by atoms with Gasteiger partial charge in [0.05, 0.1) is 19.2 Å². The summed E-state index contributed by atoms with van der Waals surface area (Å²) in [6.45, 7) is 0. The lowest BCUT2D eigenvalue weighted by Gasteiger charge is -2.04. The monoisotopic (exact) mass is 401 g/mol. The summed E-state index contributed by atoms with van der Waals surface area (Å²) in [4.78, 5) is 28.6. The summed E-state index contributed by atoms with van der Waals surface area (Å²) in [5, 5.41) is 8.28. The predicted molar refractivity (Wildman–Crippen MR) is 107 cm³/mol. The topological polar surface area (TPSA) is 80.3 Å². The van der Waals surface area contributed by atoms with E-state index in [1.165, 1.54) is 11.3 Å². The molecule has 1 aromatic heterocycles. The number of rotatable bonds is 6. The molecule has 0 fully saturated rings. The van der Waals surface area contributed by atoms with Crippen molar-refractivity contribution in [2.24, 2.45) is 0 Å². The molecule has 3 aromatic rings. The minimum Gasteiger partial charge on any atom is -0.497 e. The maximum absolute atomic E-state index is 12.2. The van der Waals surface area contributed by atoms with E-state index in [1.54, 1.807) is 61.0 Å². The number of hydrogen-bond acceptors (Lipinski definition) is 5. The zero-order chi connectivity index (χ0) is 19.2. The molecule has 0 atom stereocenters. The first kappa shape index (κ1) is 18.9. The predicted octanol–water partition coefficient (Wildman–Crippen LogP) is 4.24. The molecule has 0 aliphatic heterocycles. The van der Waals surface area contributed by atoms with Gasteiger partial charge in [0, 0.05) is 21.7 Å². The van der Waals surface area contributed by atoms with Crippen LogP contribution in [0.5, 0.6) is 5.75 Å². The van der Waals surface area contributed by atoms with Gasteiger partial charge in [-0.25, -0.2) is 4.98 Å². The molecule has 8 heteroatoms. The van der Waals surface area contributed by atoms with Crippen molar-refractivity contribution in [3.05, 3.63) is 70.2 Å². The highest BCUT2D eigenvalue weighted by molar-refractivity contribution is 7.14. The molecule has 0 bridgehead atoms. The van der Waals surface area contributed by atoms with Gasteiger partial charge in [0.15, 0.2) is 5.13 Å². The summed E-state index contributed by atoms with van der Waals surface area (Å²) in [5.41, 5.74) is 1.73. The third-order valence-electron chi connectivity index (χ3n) is 3.59. The Kier molecular flexibility index (Phi) is 6.05. The zero-order valence-electron chi connectivity index (χ0n) is 14.4. The summed E-state index contributed by atoms with van der Waals surface area (Å²) < 4.78 is 5.07. The van der Waals surface area contributed by atoms with Crippen molar-refractivity contribution in [3.63, 3.8) is 0 Å². The van der Waals surface area contributed by atoms with Crippen LogP contribution in [0.2, 0.25) is 5.02 Å². The van der Waals surface area contributed by atoms with E-state index in [1.807, 2.05) is 0 Å². The Morgan fingerprint density at radius 2 is 1.78 bits per heavy atom. The van der Waals surface area contributed by atoms with Gasteiger partial charge in [0.2, 0.25) is 5.91 Å². The Balaban J connectivity index is 1.56. The van der Waals surface area contributed by atoms with Crippen molar-refractivity contribution in [2.45, 2.75) is 6.42 Å². The molecule has 6 nitrogen and oxygen atoms in total. The van der Waals surface area contributed by atoms with Crippen LogP contribution in [0.15, 0.2) is 53.9 Å². The fraction of sp³-hybridized carbons (Fsp3) is 0.105. The summed E-state index contributed by atoms with van der Waals surface area (Å²) in [6, 6.07) is 13.6. The summed E-state index contributed by atoms with van der Waals surface area (Å²) >= 11 is 7.08. The second-order valence-electron chi connectivity index (χ2n) is 5.56. The van der Waals surface area contributed by atoms with E-state index in [2.05, 4.69) is 15.6 Å². The zero-order valence-corrected chi connectivity index (χ0v) is 15.9. The lowest BCUT2D eigenvalue weighted by atomic mass is 10.2. The Labute approximate surface area is 165 Å². The SMILES string of the molecule is COc1ccc(C(=O)Nc2nc(CC(=O)Nc3ccc(Cl)cc3)cs2)cc1. The number of nitrogens with one attached hydrogen (secondary N) is 2. The van der Waals surface area contributed by atoms with Crippen LogP contribution in [-0.4, -0.2) is 23.9 Å². The molecule has 2 aromatic carbocycles. The fourth-order valence-corrected chi connectivity index (χ4v) is 3.09. The molecule has 0 radical (unpaired) electrons. The standard InChI is InChI=1S/C19H16ClN3O3S/c1-26-16-8-2-12(3-9-16)18(25)23-19-22-15(11-27-19)10-17(24)21-14-6-4-13(20)5-7-14/h2-9,11H,10H2,1H3,(H,21,24)(H,22,23,25). The number of thiazole rings is 1. The number of amides is 2. The van der Waals surface area contributed by atoms with Gasteiger partial charge in [0.25, 0.3) is 5.91 Å². The van der Waals surface area contributed by atoms with E-state index < -0.39 is 0 Å². The highest BCUT2D eigenvalue weighted by Crippen LogP contribution is 2.19. The Morgan fingerprint density at radius 1 is 1.07 bits per heavy atom. The van der Waals surface area contributed by atoms with Crippen molar-refractivity contribution in [3.8, 4) is 5.75 Å². The molecule has 2 N–H and O–H groups in total. The highest BCUT2D eigenvalue weighted by atomic mass is 35.5. The molecule has 0 spiro atoms. The number of aromatic nitrogens is 1. The number of carbonyl (C=O) groups is 2. The van der Waals surface area contributed by atoms with Crippen LogP contribution in [0.25, 0.3) is 0 Å². The summed E-state index contributed by atoms with van der Waals surface area (Å²) in [7, 11) is 1.56. The summed E-state index contributed by atoms with van der Waals surface area (Å²) in [6.07, 6.45) is 0.109. The third-order valence-corrected chi connectivity index (χ3v) is 4.65. The van der Waals surface area contributed by atoms with E-state index in [4.69, 9.17) is 16.3 Å². The normalized spacial score (nSPS) is 10.3. The molecular weight excluding hydrogens is 386 g/mol. The van der Waals surface area contributed by atoms with Gasteiger partial charge in [-0.3, -0.25) is 14.9 Å². The van der Waals surface area contributed by atoms with Gasteiger partial charge in [-0.15, -0.1) is 11.3 Å². The molecule has 0 saturated carbocycles. The lowest BCUT2D eigenvalue weighted by molar-refractivity contribution is -0.115. The minimum atomic E-state index is -0.274. The molecule has 0 aliphatic rings. The van der Waals surface area contributed by atoms with Crippen LogP contribution in [0, 0.1) is 0 Å². The van der Waals surface area contributed by atoms with E-state index in [9.17, 15) is 9.59 Å². The number of nitrogens with zero attached hydrogens (tertiary/aromatic N) is 1. The quantitative estimate of drug-likeness (QED) is 0.647. The van der Waals surface area contributed by atoms with Crippen LogP contribution in [0.4, 0.5) is 10.8 Å². The number of methoxy groups -OCH3 is 1. The number of hydrogen-bond donors (Lipinski definition) is 2. The second-order valence-corrected chi connectivity index (χ2v) is 6.85. The molecule has 27 heavy (non-hydrogen) atoms. The first-order valence-electron chi connectivity index (χ1n) is 7.99. The summed E-state index contributed by atoms with van der Waals surface area (Å²) in [5.74, 6) is 0.203. The van der Waals surface area contributed by atoms with Crippen molar-refractivity contribution in [2.75, 3.05) is 17.7 Å². The van der Waals surface area contributed by atoms with E-state index in [-0.39, 0.29) is 18.2 Å². The molecule has 3 rings (SSSR count). The highest BCUT2D eigenvalue weighted by Gasteiger charge is 2.11. The van der Waals surface area contributed by atoms with E-state index >= 15 is 0 Å². The Morgan fingerprint density at radius 3 is 2.44 bits per heavy atom. The van der Waals surface area contributed by atoms with E-state index in [0.717, 1.165) is 0 Å². The lowest BCUT2D eigenvalue weighted by Crippen LogP contribution is -2.15. The van der Waals surface area contributed by atoms with Crippen LogP contribution in [0.1, 0.15) is 16.1 Å². The van der Waals surface area contributed by atoms with Gasteiger partial charge in [-0.2, -0.15) is 0 Å². The molecule has 0 saturated heterocycles. The first-order valence-corrected chi connectivity index (χ1v) is 9.24. The van der Waals surface area contributed by atoms with Crippen LogP contribution in [-0.2, 0) is 11.2 Å². The first-order chi connectivity index (χ1) is 13.0. The van der Waals surface area contributed by atoms with Crippen molar-refractivity contribution >= 4 is 45.6 Å². The third kappa shape index (κ3) is 5.29. The number of ether oxygens (including phenoxy) is 1. The van der Waals surface area contributed by atoms with Crippen LogP contribution < -0.4 is 15.4 Å². The van der Waals surface area contributed by atoms with Crippen molar-refractivity contribution in [1.29, 1.82) is 0 Å². The van der Waals surface area contributed by atoms with Gasteiger partial charge in [0.1, 0.15) is 5.75 Å². The number of anilines is 2. The maximum atomic E-state index is 12.2. The van der Waals surface area contributed by atoms with Gasteiger partial charge >= 0.3 is 0 Å². The number of benzene rings is 2. The van der Waals surface area contributed by atoms with Crippen molar-refractivity contribution < 1.29 is 14.3 Å². The maximum Gasteiger partial charge on any atom is 0.257 e. The Bertz CT molecular complexity index is 940. The minimum absolute atomic E-state index is 0.109. The van der Waals surface area contributed by atoms with Crippen molar-refractivity contribution in [1.82, 2.24) is 4.98 Å². The largest absolute Gasteiger partial charge is 0.497 e. The fourth-order valence-electron chi connectivity index (χ4n) is 2.26. The van der Waals surface area contributed by atoms with Gasteiger partial charge < -0.3 is 10.1 Å². The average Bonchev–Trinajstić information content (AvgIpc) is 3.10. The smallest absolute Gasteiger partial charge is 0.257 e. The Hall–Kier alpha value is -2.90. The molecule has 138 valence electrons. The van der Waals surface area contributed by atoms with Crippen LogP contribution in [0.3, 0.4) is 0 Å². The number of carbonyl (C=O) groups excluding carboxylic acids is 2. The van der Waals surface area contributed by atoms with E-state index in [0.29, 0.717) is 32.8 Å².